The van der Waals surface area contributed by atoms with Crippen LogP contribution in [0.5, 0.6) is 5.75 Å². The molecule has 1 atom stereocenters. The van der Waals surface area contributed by atoms with Crippen LogP contribution in [0.3, 0.4) is 0 Å². The lowest BCUT2D eigenvalue weighted by Crippen LogP contribution is -2.38. The highest BCUT2D eigenvalue weighted by Crippen LogP contribution is 2.40. The molecule has 4 nitrogen and oxygen atoms in total. The number of alkyl halides is 3. The second-order valence-corrected chi connectivity index (χ2v) is 13.1. The van der Waals surface area contributed by atoms with E-state index in [4.69, 9.17) is 32.7 Å². The van der Waals surface area contributed by atoms with Crippen LogP contribution in [0.1, 0.15) is 47.9 Å². The maximum Gasteiger partial charge on any atom is 0.416 e. The molecule has 0 aliphatic carbocycles. The summed E-state index contributed by atoms with van der Waals surface area (Å²) in [5.41, 5.74) is 0.242. The molecule has 0 amide bonds. The molecule has 0 fully saturated rings. The van der Waals surface area contributed by atoms with E-state index in [0.717, 1.165) is 36.6 Å². The molecule has 0 bridgehead atoms. The Morgan fingerprint density at radius 2 is 1.62 bits per heavy atom. The normalized spacial score (nSPS) is 12.8. The third-order valence-corrected chi connectivity index (χ3v) is 9.34. The molecule has 11 heteroatoms. The van der Waals surface area contributed by atoms with E-state index in [1.807, 2.05) is 36.4 Å². The van der Waals surface area contributed by atoms with E-state index in [2.05, 4.69) is 22.6 Å². The molecule has 0 radical (unpaired) electrons. The van der Waals surface area contributed by atoms with Crippen molar-refractivity contribution in [2.75, 3.05) is 0 Å². The Labute approximate surface area is 269 Å². The predicted octanol–water partition coefficient (Wildman–Crippen LogP) is 10.5. The minimum absolute atomic E-state index is 0.126. The quantitative estimate of drug-likeness (QED) is 0.155. The first-order valence-corrected chi connectivity index (χ1v) is 15.4. The van der Waals surface area contributed by atoms with Gasteiger partial charge in [-0.3, -0.25) is 0 Å². The first kappa shape index (κ1) is 32.6. The van der Waals surface area contributed by atoms with Crippen LogP contribution in [-0.2, 0) is 28.7 Å². The molecule has 0 aliphatic rings. The average molecular weight is 749 g/mol. The summed E-state index contributed by atoms with van der Waals surface area (Å²) in [6.45, 7) is 3.20. The Bertz CT molecular complexity index is 1540. The lowest BCUT2D eigenvalue weighted by molar-refractivity contribution is -0.152. The van der Waals surface area contributed by atoms with Crippen molar-refractivity contribution < 1.29 is 32.5 Å². The fraction of sp³-hybridized carbons (Fsp3) is 0.258. The highest BCUT2D eigenvalue weighted by molar-refractivity contribution is 14.1. The lowest BCUT2D eigenvalue weighted by atomic mass is 10.0. The molecule has 4 rings (SSSR count). The third-order valence-electron chi connectivity index (χ3n) is 6.49. The number of rotatable bonds is 11. The molecule has 0 saturated carbocycles. The summed E-state index contributed by atoms with van der Waals surface area (Å²) in [4.78, 5) is 13.2. The van der Waals surface area contributed by atoms with Crippen LogP contribution >= 0.6 is 57.1 Å². The van der Waals surface area contributed by atoms with Gasteiger partial charge in [-0.15, -0.1) is 11.3 Å². The number of benzene rings is 3. The van der Waals surface area contributed by atoms with Crippen LogP contribution in [0.25, 0.3) is 10.4 Å². The van der Waals surface area contributed by atoms with Crippen LogP contribution in [-0.4, -0.2) is 16.7 Å². The van der Waals surface area contributed by atoms with Crippen molar-refractivity contribution in [3.63, 3.8) is 0 Å². The first-order chi connectivity index (χ1) is 19.7. The van der Waals surface area contributed by atoms with E-state index in [1.54, 1.807) is 12.1 Å². The van der Waals surface area contributed by atoms with Gasteiger partial charge >= 0.3 is 12.1 Å². The highest BCUT2D eigenvalue weighted by Gasteiger charge is 2.31. The van der Waals surface area contributed by atoms with Crippen LogP contribution in [0.15, 0.2) is 72.8 Å². The zero-order valence-corrected chi connectivity index (χ0v) is 27.0. The van der Waals surface area contributed by atoms with Gasteiger partial charge in [0.2, 0.25) is 0 Å². The molecular weight excluding hydrogens is 723 g/mol. The Kier molecular flexibility index (Phi) is 10.5. The SMILES string of the molecule is CC(C)(Oc1ccc(CCC(OCc2ccc(I)cc2)c2ccc(-c3ccc(C(F)(F)F)cc3)s2)c(Cl)c1Cl)C(=O)O. The zero-order valence-electron chi connectivity index (χ0n) is 22.5. The van der Waals surface area contributed by atoms with E-state index < -0.39 is 23.3 Å². The largest absolute Gasteiger partial charge is 0.478 e. The van der Waals surface area contributed by atoms with Crippen LogP contribution in [0.2, 0.25) is 10.0 Å². The molecule has 222 valence electrons. The second kappa shape index (κ2) is 13.5. The predicted molar refractivity (Wildman–Crippen MR) is 169 cm³/mol. The molecule has 1 aromatic heterocycles. The third kappa shape index (κ3) is 8.19. The van der Waals surface area contributed by atoms with Gasteiger partial charge in [0.25, 0.3) is 0 Å². The molecule has 1 unspecified atom stereocenters. The number of carboxylic acids is 1. The summed E-state index contributed by atoms with van der Waals surface area (Å²) in [5, 5.41) is 9.77. The van der Waals surface area contributed by atoms with Crippen molar-refractivity contribution in [3.8, 4) is 16.2 Å². The van der Waals surface area contributed by atoms with Crippen molar-refractivity contribution in [1.29, 1.82) is 0 Å². The number of carbonyl (C=O) groups is 1. The van der Waals surface area contributed by atoms with Gasteiger partial charge in [-0.25, -0.2) is 4.79 Å². The summed E-state index contributed by atoms with van der Waals surface area (Å²) in [6.07, 6.45) is -3.71. The second-order valence-electron chi connectivity index (χ2n) is 10.0. The Balaban J connectivity index is 1.55. The minimum Gasteiger partial charge on any atom is -0.478 e. The molecule has 3 aromatic carbocycles. The van der Waals surface area contributed by atoms with Gasteiger partial charge in [-0.2, -0.15) is 13.2 Å². The number of aliphatic carboxylic acids is 1. The van der Waals surface area contributed by atoms with E-state index in [1.165, 1.54) is 37.3 Å². The number of hydrogen-bond donors (Lipinski definition) is 1. The van der Waals surface area contributed by atoms with E-state index in [0.29, 0.717) is 25.0 Å². The molecule has 1 heterocycles. The van der Waals surface area contributed by atoms with Gasteiger partial charge in [-0.05, 0) is 108 Å². The fourth-order valence-electron chi connectivity index (χ4n) is 4.04. The first-order valence-electron chi connectivity index (χ1n) is 12.8. The molecule has 4 aromatic rings. The molecule has 1 N–H and O–H groups in total. The monoisotopic (exact) mass is 748 g/mol. The van der Waals surface area contributed by atoms with Crippen LogP contribution in [0, 0.1) is 3.57 Å². The van der Waals surface area contributed by atoms with Gasteiger partial charge in [0.1, 0.15) is 10.8 Å². The summed E-state index contributed by atoms with van der Waals surface area (Å²) in [7, 11) is 0. The molecule has 0 aliphatic heterocycles. The van der Waals surface area contributed by atoms with Crippen molar-refractivity contribution in [3.05, 3.63) is 108 Å². The van der Waals surface area contributed by atoms with Gasteiger partial charge in [-0.1, -0.05) is 53.5 Å². The van der Waals surface area contributed by atoms with Crippen molar-refractivity contribution in [1.82, 2.24) is 0 Å². The molecule has 0 spiro atoms. The van der Waals surface area contributed by atoms with Crippen LogP contribution < -0.4 is 4.74 Å². The van der Waals surface area contributed by atoms with Crippen LogP contribution in [0.4, 0.5) is 13.2 Å². The highest BCUT2D eigenvalue weighted by atomic mass is 127. The standard InChI is InChI=1S/C31H26Cl2F3IO4S/c1-30(2,29(38)39)41-24-14-8-20(27(32)28(24)33)7-13-23(40-17-18-3-11-22(37)12-4-18)26-16-15-25(42-26)19-5-9-21(10-6-19)31(34,35)36/h3-6,8-12,14-16,23H,7,13,17H2,1-2H3,(H,38,39). The maximum atomic E-state index is 13.0. The summed E-state index contributed by atoms with van der Waals surface area (Å²) in [6, 6.07) is 20.2. The lowest BCUT2D eigenvalue weighted by Gasteiger charge is -2.23. The van der Waals surface area contributed by atoms with Gasteiger partial charge < -0.3 is 14.6 Å². The maximum absolute atomic E-state index is 13.0. The van der Waals surface area contributed by atoms with Crippen molar-refractivity contribution in [2.45, 2.75) is 51.2 Å². The van der Waals surface area contributed by atoms with E-state index >= 15 is 0 Å². The number of ether oxygens (including phenoxy) is 2. The fourth-order valence-corrected chi connectivity index (χ4v) is 5.97. The number of thiophene rings is 1. The summed E-state index contributed by atoms with van der Waals surface area (Å²) >= 11 is 16.7. The average Bonchev–Trinajstić information content (AvgIpc) is 3.43. The number of aryl methyl sites for hydroxylation is 1. The molecule has 0 saturated heterocycles. The summed E-state index contributed by atoms with van der Waals surface area (Å²) in [5.74, 6) is -0.970. The minimum atomic E-state index is -4.39. The summed E-state index contributed by atoms with van der Waals surface area (Å²) < 4.78 is 52.1. The number of halogens is 6. The Hall–Kier alpha value is -2.31. The van der Waals surface area contributed by atoms with Gasteiger partial charge in [0.05, 0.1) is 23.3 Å². The van der Waals surface area contributed by atoms with Crippen molar-refractivity contribution >= 4 is 63.1 Å². The van der Waals surface area contributed by atoms with E-state index in [9.17, 15) is 23.1 Å². The van der Waals surface area contributed by atoms with E-state index in [-0.39, 0.29) is 21.9 Å². The number of hydrogen-bond acceptors (Lipinski definition) is 4. The molecule has 42 heavy (non-hydrogen) atoms. The Morgan fingerprint density at radius 1 is 0.952 bits per heavy atom. The van der Waals surface area contributed by atoms with Crippen molar-refractivity contribution in [2.24, 2.45) is 0 Å². The Morgan fingerprint density at radius 3 is 2.24 bits per heavy atom. The smallest absolute Gasteiger partial charge is 0.416 e. The van der Waals surface area contributed by atoms with Gasteiger partial charge in [0, 0.05) is 13.3 Å². The molecular formula is C31H26Cl2F3IO4S. The van der Waals surface area contributed by atoms with Gasteiger partial charge in [0.15, 0.2) is 5.60 Å². The topological polar surface area (TPSA) is 55.8 Å². The number of carboxylic acid groups (broad SMARTS) is 1. The zero-order chi connectivity index (χ0) is 30.7.